The first-order valence-corrected chi connectivity index (χ1v) is 9.39. The second-order valence-electron chi connectivity index (χ2n) is 6.93. The highest BCUT2D eigenvalue weighted by Gasteiger charge is 2.16. The molecule has 0 amide bonds. The van der Waals surface area contributed by atoms with Crippen molar-refractivity contribution < 1.29 is 9.90 Å². The van der Waals surface area contributed by atoms with Crippen molar-refractivity contribution in [2.75, 3.05) is 0 Å². The first-order chi connectivity index (χ1) is 13.4. The summed E-state index contributed by atoms with van der Waals surface area (Å²) in [5, 5.41) is 9.71. The molecule has 0 unspecified atom stereocenters. The minimum atomic E-state index is -0.982. The number of hydrogen-bond donors (Lipinski definition) is 1. The highest BCUT2D eigenvalue weighted by atomic mass is 16.4. The lowest BCUT2D eigenvalue weighted by atomic mass is 9.94. The van der Waals surface area contributed by atoms with Crippen LogP contribution in [0, 0.1) is 6.92 Å². The fraction of sp³-hybridized carbons (Fsp3) is 0.261. The van der Waals surface area contributed by atoms with Crippen molar-refractivity contribution in [1.82, 2.24) is 9.55 Å². The lowest BCUT2D eigenvalue weighted by molar-refractivity contribution is 0.0697. The second kappa shape index (κ2) is 8.21. The van der Waals surface area contributed by atoms with E-state index < -0.39 is 5.97 Å². The summed E-state index contributed by atoms with van der Waals surface area (Å²) in [6.07, 6.45) is 1.98. The van der Waals surface area contributed by atoms with Crippen LogP contribution in [0.2, 0.25) is 0 Å². The molecule has 0 aliphatic carbocycles. The van der Waals surface area contributed by atoms with Crippen LogP contribution in [-0.4, -0.2) is 20.6 Å². The number of carbonyl (C=O) groups is 1. The zero-order valence-corrected chi connectivity index (χ0v) is 16.4. The zero-order valence-electron chi connectivity index (χ0n) is 16.4. The summed E-state index contributed by atoms with van der Waals surface area (Å²) in [6.45, 7) is 3.87. The van der Waals surface area contributed by atoms with Crippen LogP contribution in [0.25, 0.3) is 11.1 Å². The number of nitrogens with zero attached hydrogens (tertiary/aromatic N) is 2. The van der Waals surface area contributed by atoms with Gasteiger partial charge < -0.3 is 5.11 Å². The van der Waals surface area contributed by atoms with E-state index in [0.29, 0.717) is 23.4 Å². The van der Waals surface area contributed by atoms with Crippen molar-refractivity contribution in [3.63, 3.8) is 0 Å². The van der Waals surface area contributed by atoms with Gasteiger partial charge >= 0.3 is 5.97 Å². The van der Waals surface area contributed by atoms with E-state index in [-0.39, 0.29) is 11.1 Å². The Hall–Kier alpha value is -3.21. The summed E-state index contributed by atoms with van der Waals surface area (Å²) in [5.74, 6) is -0.299. The molecule has 0 spiro atoms. The van der Waals surface area contributed by atoms with E-state index in [4.69, 9.17) is 0 Å². The molecule has 0 atom stereocenters. The Bertz CT molecular complexity index is 1070. The van der Waals surface area contributed by atoms with Gasteiger partial charge in [-0.25, -0.2) is 9.78 Å². The molecule has 5 heteroatoms. The Labute approximate surface area is 164 Å². The Morgan fingerprint density at radius 1 is 1.14 bits per heavy atom. The molecule has 0 radical (unpaired) electrons. The number of carboxylic acids is 1. The quantitative estimate of drug-likeness (QED) is 0.706. The van der Waals surface area contributed by atoms with Gasteiger partial charge in [0.1, 0.15) is 5.82 Å². The van der Waals surface area contributed by atoms with E-state index in [2.05, 4.69) is 11.9 Å². The molecule has 144 valence electrons. The van der Waals surface area contributed by atoms with Crippen molar-refractivity contribution in [1.29, 1.82) is 0 Å². The number of aromatic carboxylic acids is 1. The van der Waals surface area contributed by atoms with E-state index in [0.717, 1.165) is 29.7 Å². The number of hydrogen-bond acceptors (Lipinski definition) is 3. The van der Waals surface area contributed by atoms with Gasteiger partial charge in [0, 0.05) is 19.0 Å². The molecular weight excluding hydrogens is 352 g/mol. The number of rotatable bonds is 6. The van der Waals surface area contributed by atoms with Crippen LogP contribution >= 0.6 is 0 Å². The molecule has 28 heavy (non-hydrogen) atoms. The van der Waals surface area contributed by atoms with Crippen molar-refractivity contribution in [3.05, 3.63) is 87.1 Å². The fourth-order valence-electron chi connectivity index (χ4n) is 3.38. The van der Waals surface area contributed by atoms with E-state index in [1.807, 2.05) is 49.4 Å². The molecule has 0 aliphatic rings. The van der Waals surface area contributed by atoms with Gasteiger partial charge in [0.05, 0.1) is 11.3 Å². The van der Waals surface area contributed by atoms with Gasteiger partial charge in [-0.15, -0.1) is 0 Å². The van der Waals surface area contributed by atoms with Crippen molar-refractivity contribution in [2.24, 2.45) is 7.05 Å². The number of aromatic nitrogens is 2. The van der Waals surface area contributed by atoms with E-state index >= 15 is 0 Å². The van der Waals surface area contributed by atoms with Crippen LogP contribution in [0.4, 0.5) is 0 Å². The maximum Gasteiger partial charge on any atom is 0.336 e. The maximum atomic E-state index is 12.8. The van der Waals surface area contributed by atoms with E-state index in [1.54, 1.807) is 17.7 Å². The topological polar surface area (TPSA) is 72.2 Å². The molecule has 0 aliphatic heterocycles. The van der Waals surface area contributed by atoms with Crippen LogP contribution < -0.4 is 5.56 Å². The van der Waals surface area contributed by atoms with Gasteiger partial charge in [-0.05, 0) is 36.1 Å². The summed E-state index contributed by atoms with van der Waals surface area (Å²) in [7, 11) is 1.71. The Morgan fingerprint density at radius 3 is 2.50 bits per heavy atom. The summed E-state index contributed by atoms with van der Waals surface area (Å²) < 4.78 is 1.55. The minimum absolute atomic E-state index is 0.0695. The highest BCUT2D eigenvalue weighted by molar-refractivity contribution is 5.96. The molecule has 0 bridgehead atoms. The fourth-order valence-corrected chi connectivity index (χ4v) is 3.38. The first kappa shape index (κ1) is 19.5. The molecule has 0 fully saturated rings. The number of benzene rings is 2. The Morgan fingerprint density at radius 2 is 1.86 bits per heavy atom. The SMILES string of the molecule is CCCc1nc(C)n(C)c(=O)c1Cc1ccc(-c2ccccc2)c(C(=O)O)c1. The zero-order chi connectivity index (χ0) is 20.3. The minimum Gasteiger partial charge on any atom is -0.478 e. The smallest absolute Gasteiger partial charge is 0.336 e. The lowest BCUT2D eigenvalue weighted by Gasteiger charge is -2.13. The third-order valence-electron chi connectivity index (χ3n) is 4.96. The van der Waals surface area contributed by atoms with Gasteiger partial charge in [-0.2, -0.15) is 0 Å². The van der Waals surface area contributed by atoms with Crippen molar-refractivity contribution in [3.8, 4) is 11.1 Å². The number of aryl methyl sites for hydroxylation is 2. The predicted octanol–water partition coefficient (Wildman–Crippen LogP) is 4.00. The van der Waals surface area contributed by atoms with E-state index in [9.17, 15) is 14.7 Å². The third kappa shape index (κ3) is 3.88. The molecule has 0 saturated carbocycles. The normalized spacial score (nSPS) is 10.8. The molecule has 3 rings (SSSR count). The standard InChI is InChI=1S/C23H24N2O3/c1-4-8-21-20(22(26)25(3)15(2)24-21)14-16-11-12-18(19(13-16)23(27)28)17-9-6-5-7-10-17/h5-7,9-13H,4,8,14H2,1-3H3,(H,27,28). The molecule has 1 N–H and O–H groups in total. The van der Waals surface area contributed by atoms with Crippen molar-refractivity contribution in [2.45, 2.75) is 33.1 Å². The Balaban J connectivity index is 2.07. The average molecular weight is 376 g/mol. The molecule has 0 saturated heterocycles. The third-order valence-corrected chi connectivity index (χ3v) is 4.96. The lowest BCUT2D eigenvalue weighted by Crippen LogP contribution is -2.27. The monoisotopic (exact) mass is 376 g/mol. The Kier molecular flexibility index (Phi) is 5.73. The van der Waals surface area contributed by atoms with Crippen LogP contribution in [0.5, 0.6) is 0 Å². The van der Waals surface area contributed by atoms with Crippen LogP contribution in [0.1, 0.15) is 46.3 Å². The molecule has 5 nitrogen and oxygen atoms in total. The van der Waals surface area contributed by atoms with Crippen molar-refractivity contribution >= 4 is 5.97 Å². The summed E-state index contributed by atoms with van der Waals surface area (Å²) >= 11 is 0. The largest absolute Gasteiger partial charge is 0.478 e. The highest BCUT2D eigenvalue weighted by Crippen LogP contribution is 2.26. The van der Waals surface area contributed by atoms with Crippen LogP contribution in [0.15, 0.2) is 53.3 Å². The summed E-state index contributed by atoms with van der Waals surface area (Å²) in [6, 6.07) is 14.8. The van der Waals surface area contributed by atoms with E-state index in [1.165, 1.54) is 0 Å². The van der Waals surface area contributed by atoms with Gasteiger partial charge in [-0.1, -0.05) is 55.8 Å². The van der Waals surface area contributed by atoms with Gasteiger partial charge in [0.25, 0.3) is 5.56 Å². The molecule has 1 heterocycles. The molecular formula is C23H24N2O3. The molecule has 1 aromatic heterocycles. The predicted molar refractivity (Wildman–Crippen MR) is 110 cm³/mol. The van der Waals surface area contributed by atoms with Gasteiger partial charge in [0.15, 0.2) is 0 Å². The van der Waals surface area contributed by atoms with Crippen LogP contribution in [-0.2, 0) is 19.9 Å². The molecule has 3 aromatic rings. The summed E-state index contributed by atoms with van der Waals surface area (Å²) in [4.78, 5) is 29.2. The first-order valence-electron chi connectivity index (χ1n) is 9.39. The van der Waals surface area contributed by atoms with Crippen LogP contribution in [0.3, 0.4) is 0 Å². The number of carboxylic acid groups (broad SMARTS) is 1. The molecule has 2 aromatic carbocycles. The average Bonchev–Trinajstić information content (AvgIpc) is 2.70. The van der Waals surface area contributed by atoms with Gasteiger partial charge in [0.2, 0.25) is 0 Å². The second-order valence-corrected chi connectivity index (χ2v) is 6.93. The maximum absolute atomic E-state index is 12.8. The summed E-state index contributed by atoms with van der Waals surface area (Å²) in [5.41, 5.74) is 3.91. The van der Waals surface area contributed by atoms with Gasteiger partial charge in [-0.3, -0.25) is 9.36 Å².